The Morgan fingerprint density at radius 2 is 2.43 bits per heavy atom. The van der Waals surface area contributed by atoms with Crippen LogP contribution in [0.3, 0.4) is 0 Å². The Balaban J connectivity index is 1.97. The molecular weight excluding hydrogens is 188 g/mol. The molecule has 1 aromatic rings. The zero-order valence-corrected chi connectivity index (χ0v) is 7.79. The molecule has 78 valence electrons. The minimum absolute atomic E-state index is 0.00622. The second-order valence-corrected chi connectivity index (χ2v) is 3.90. The average molecular weight is 201 g/mol. The van der Waals surface area contributed by atoms with Crippen molar-refractivity contribution in [1.29, 1.82) is 0 Å². The van der Waals surface area contributed by atoms with Gasteiger partial charge in [-0.3, -0.25) is 0 Å². The largest absolute Gasteiger partial charge is 0.369 e. The summed E-state index contributed by atoms with van der Waals surface area (Å²) in [5, 5.41) is 0. The standard InChI is InChI=1S/C9H13F2N3/c10-9(11)2-1-7(5-9)6-14-4-3-13-8(14)12/h3-4,7H,1-2,5-6H2,(H2,12,13). The first-order valence-electron chi connectivity index (χ1n) is 4.71. The van der Waals surface area contributed by atoms with E-state index in [0.29, 0.717) is 18.9 Å². The van der Waals surface area contributed by atoms with E-state index in [4.69, 9.17) is 5.73 Å². The van der Waals surface area contributed by atoms with Crippen molar-refractivity contribution < 1.29 is 8.78 Å². The third-order valence-corrected chi connectivity index (χ3v) is 2.71. The molecule has 1 aliphatic rings. The van der Waals surface area contributed by atoms with Gasteiger partial charge in [-0.25, -0.2) is 13.8 Å². The van der Waals surface area contributed by atoms with Crippen molar-refractivity contribution >= 4 is 5.95 Å². The van der Waals surface area contributed by atoms with Crippen LogP contribution in [0.2, 0.25) is 0 Å². The van der Waals surface area contributed by atoms with Gasteiger partial charge in [0.15, 0.2) is 5.95 Å². The third-order valence-electron chi connectivity index (χ3n) is 2.71. The van der Waals surface area contributed by atoms with Crippen LogP contribution in [0, 0.1) is 5.92 Å². The Kier molecular flexibility index (Phi) is 2.17. The molecule has 14 heavy (non-hydrogen) atoms. The van der Waals surface area contributed by atoms with E-state index in [1.807, 2.05) is 0 Å². The number of nitrogen functional groups attached to an aromatic ring is 1. The number of aromatic nitrogens is 2. The Labute approximate surface area is 80.9 Å². The molecule has 0 spiro atoms. The number of hydrogen-bond acceptors (Lipinski definition) is 2. The molecule has 1 atom stereocenters. The van der Waals surface area contributed by atoms with E-state index in [0.717, 1.165) is 0 Å². The minimum Gasteiger partial charge on any atom is -0.369 e. The van der Waals surface area contributed by atoms with Crippen molar-refractivity contribution in [1.82, 2.24) is 9.55 Å². The predicted molar refractivity (Wildman–Crippen MR) is 48.9 cm³/mol. The van der Waals surface area contributed by atoms with Gasteiger partial charge in [0, 0.05) is 31.8 Å². The Bertz CT molecular complexity index is 322. The van der Waals surface area contributed by atoms with Crippen LogP contribution in [0.25, 0.3) is 0 Å². The summed E-state index contributed by atoms with van der Waals surface area (Å²) in [5.41, 5.74) is 5.55. The maximum atomic E-state index is 12.9. The number of hydrogen-bond donors (Lipinski definition) is 1. The summed E-state index contributed by atoms with van der Waals surface area (Å²) in [4.78, 5) is 3.85. The fraction of sp³-hybridized carbons (Fsp3) is 0.667. The Hall–Kier alpha value is -1.13. The smallest absolute Gasteiger partial charge is 0.248 e. The Morgan fingerprint density at radius 3 is 2.93 bits per heavy atom. The molecule has 1 aliphatic carbocycles. The summed E-state index contributed by atoms with van der Waals surface area (Å²) in [6, 6.07) is 0. The van der Waals surface area contributed by atoms with Crippen LogP contribution >= 0.6 is 0 Å². The molecule has 0 saturated heterocycles. The van der Waals surface area contributed by atoms with Crippen LogP contribution in [0.5, 0.6) is 0 Å². The lowest BCUT2D eigenvalue weighted by Gasteiger charge is -2.11. The van der Waals surface area contributed by atoms with E-state index < -0.39 is 5.92 Å². The summed E-state index contributed by atoms with van der Waals surface area (Å²) in [7, 11) is 0. The number of halogens is 2. The summed E-state index contributed by atoms with van der Waals surface area (Å²) >= 11 is 0. The molecule has 0 amide bonds. The summed E-state index contributed by atoms with van der Waals surface area (Å²) < 4.78 is 27.5. The van der Waals surface area contributed by atoms with Crippen molar-refractivity contribution in [3.63, 3.8) is 0 Å². The van der Waals surface area contributed by atoms with Gasteiger partial charge >= 0.3 is 0 Å². The predicted octanol–water partition coefficient (Wildman–Crippen LogP) is 1.90. The van der Waals surface area contributed by atoms with Gasteiger partial charge in [0.25, 0.3) is 0 Å². The number of imidazole rings is 1. The highest BCUT2D eigenvalue weighted by Crippen LogP contribution is 2.39. The maximum absolute atomic E-state index is 12.9. The van der Waals surface area contributed by atoms with Crippen LogP contribution in [-0.4, -0.2) is 15.5 Å². The molecule has 1 heterocycles. The normalized spacial score (nSPS) is 25.4. The van der Waals surface area contributed by atoms with Crippen molar-refractivity contribution in [2.45, 2.75) is 31.7 Å². The molecule has 1 fully saturated rings. The van der Waals surface area contributed by atoms with E-state index in [1.165, 1.54) is 0 Å². The molecule has 1 unspecified atom stereocenters. The van der Waals surface area contributed by atoms with Gasteiger partial charge in [-0.1, -0.05) is 0 Å². The van der Waals surface area contributed by atoms with Gasteiger partial charge in [0.05, 0.1) is 0 Å². The van der Waals surface area contributed by atoms with Gasteiger partial charge in [0.2, 0.25) is 5.92 Å². The van der Waals surface area contributed by atoms with Crippen LogP contribution in [0.4, 0.5) is 14.7 Å². The van der Waals surface area contributed by atoms with E-state index in [1.54, 1.807) is 17.0 Å². The zero-order valence-electron chi connectivity index (χ0n) is 7.79. The van der Waals surface area contributed by atoms with Crippen LogP contribution in [0.15, 0.2) is 12.4 Å². The van der Waals surface area contributed by atoms with Crippen molar-refractivity contribution in [2.75, 3.05) is 5.73 Å². The lowest BCUT2D eigenvalue weighted by atomic mass is 10.1. The van der Waals surface area contributed by atoms with Gasteiger partial charge in [-0.05, 0) is 12.3 Å². The molecule has 1 aromatic heterocycles. The highest BCUT2D eigenvalue weighted by Gasteiger charge is 2.39. The summed E-state index contributed by atoms with van der Waals surface area (Å²) in [5.74, 6) is -2.04. The summed E-state index contributed by atoms with van der Waals surface area (Å²) in [6.45, 7) is 0.557. The lowest BCUT2D eigenvalue weighted by molar-refractivity contribution is 0.00438. The van der Waals surface area contributed by atoms with Crippen LogP contribution < -0.4 is 5.73 Å². The maximum Gasteiger partial charge on any atom is 0.248 e. The first-order valence-corrected chi connectivity index (χ1v) is 4.71. The molecule has 0 aliphatic heterocycles. The fourth-order valence-electron chi connectivity index (χ4n) is 1.97. The number of anilines is 1. The first-order chi connectivity index (χ1) is 6.57. The quantitative estimate of drug-likeness (QED) is 0.794. The molecule has 3 nitrogen and oxygen atoms in total. The number of rotatable bonds is 2. The average Bonchev–Trinajstić information content (AvgIpc) is 2.61. The van der Waals surface area contributed by atoms with Crippen molar-refractivity contribution in [3.05, 3.63) is 12.4 Å². The van der Waals surface area contributed by atoms with Crippen LogP contribution in [-0.2, 0) is 6.54 Å². The fourth-order valence-corrected chi connectivity index (χ4v) is 1.97. The second-order valence-electron chi connectivity index (χ2n) is 3.90. The molecule has 2 N–H and O–H groups in total. The molecule has 2 rings (SSSR count). The molecule has 0 bridgehead atoms. The number of alkyl halides is 2. The van der Waals surface area contributed by atoms with E-state index in [-0.39, 0.29) is 18.8 Å². The first kappa shape index (κ1) is 9.43. The zero-order chi connectivity index (χ0) is 10.2. The van der Waals surface area contributed by atoms with E-state index in [2.05, 4.69) is 4.98 Å². The van der Waals surface area contributed by atoms with Crippen molar-refractivity contribution in [2.24, 2.45) is 5.92 Å². The molecule has 0 aromatic carbocycles. The number of nitrogens with zero attached hydrogens (tertiary/aromatic N) is 2. The van der Waals surface area contributed by atoms with E-state index in [9.17, 15) is 8.78 Å². The SMILES string of the molecule is Nc1nccn1CC1CCC(F)(F)C1. The summed E-state index contributed by atoms with van der Waals surface area (Å²) in [6.07, 6.45) is 3.87. The molecule has 1 saturated carbocycles. The second kappa shape index (κ2) is 3.22. The molecule has 0 radical (unpaired) electrons. The van der Waals surface area contributed by atoms with Crippen LogP contribution in [0.1, 0.15) is 19.3 Å². The van der Waals surface area contributed by atoms with Crippen molar-refractivity contribution in [3.8, 4) is 0 Å². The molecule has 5 heteroatoms. The minimum atomic E-state index is -2.47. The highest BCUT2D eigenvalue weighted by atomic mass is 19.3. The molecular formula is C9H13F2N3. The van der Waals surface area contributed by atoms with Gasteiger partial charge < -0.3 is 10.3 Å². The third kappa shape index (κ3) is 1.86. The van der Waals surface area contributed by atoms with Gasteiger partial charge in [0.1, 0.15) is 0 Å². The van der Waals surface area contributed by atoms with Gasteiger partial charge in [-0.15, -0.1) is 0 Å². The van der Waals surface area contributed by atoms with Gasteiger partial charge in [-0.2, -0.15) is 0 Å². The monoisotopic (exact) mass is 201 g/mol. The topological polar surface area (TPSA) is 43.8 Å². The lowest BCUT2D eigenvalue weighted by Crippen LogP contribution is -2.13. The highest BCUT2D eigenvalue weighted by molar-refractivity contribution is 5.16. The Morgan fingerprint density at radius 1 is 1.64 bits per heavy atom. The number of nitrogens with two attached hydrogens (primary N) is 1. The van der Waals surface area contributed by atoms with E-state index >= 15 is 0 Å².